The Kier molecular flexibility index (Phi) is 6.93. The standard InChI is InChI=1S/C11H15N3O2.ClH/c1-8(15)14-10-4-2-9(3-5-10)7-13-11(16)6-12;/h2-5H,6-7,12H2,1H3,(H,13,16)(H,14,15);1H. The van der Waals surface area contributed by atoms with Crippen LogP contribution in [0, 0.1) is 0 Å². The lowest BCUT2D eigenvalue weighted by molar-refractivity contribution is -0.120. The fraction of sp³-hybridized carbons (Fsp3) is 0.273. The van der Waals surface area contributed by atoms with Gasteiger partial charge in [-0.1, -0.05) is 12.1 Å². The van der Waals surface area contributed by atoms with Crippen LogP contribution in [0.3, 0.4) is 0 Å². The van der Waals surface area contributed by atoms with E-state index in [4.69, 9.17) is 5.73 Å². The number of nitrogens with two attached hydrogens (primary N) is 1. The lowest BCUT2D eigenvalue weighted by Crippen LogP contribution is -2.29. The Balaban J connectivity index is 0.00000256. The molecule has 17 heavy (non-hydrogen) atoms. The normalized spacial score (nSPS) is 9.06. The molecule has 4 N–H and O–H groups in total. The molecule has 1 aromatic rings. The van der Waals surface area contributed by atoms with E-state index in [9.17, 15) is 9.59 Å². The molecular formula is C11H16ClN3O2. The molecule has 0 aliphatic heterocycles. The smallest absolute Gasteiger partial charge is 0.234 e. The van der Waals surface area contributed by atoms with E-state index < -0.39 is 0 Å². The second-order valence-corrected chi connectivity index (χ2v) is 3.36. The van der Waals surface area contributed by atoms with Gasteiger partial charge in [-0.05, 0) is 17.7 Å². The molecule has 0 fully saturated rings. The average Bonchev–Trinajstić information content (AvgIpc) is 2.27. The SMILES string of the molecule is CC(=O)Nc1ccc(CNC(=O)CN)cc1.Cl. The summed E-state index contributed by atoms with van der Waals surface area (Å²) in [5.74, 6) is -0.296. The molecule has 6 heteroatoms. The van der Waals surface area contributed by atoms with Crippen LogP contribution >= 0.6 is 12.4 Å². The first-order valence-electron chi connectivity index (χ1n) is 4.95. The molecule has 0 aliphatic rings. The van der Waals surface area contributed by atoms with Gasteiger partial charge < -0.3 is 16.4 Å². The minimum absolute atomic E-state index is 0. The van der Waals surface area contributed by atoms with Gasteiger partial charge in [0.1, 0.15) is 0 Å². The number of carbonyl (C=O) groups excluding carboxylic acids is 2. The van der Waals surface area contributed by atoms with E-state index in [2.05, 4.69) is 10.6 Å². The first kappa shape index (κ1) is 15.4. The third-order valence-corrected chi connectivity index (χ3v) is 1.95. The molecule has 5 nitrogen and oxygen atoms in total. The molecule has 0 aliphatic carbocycles. The zero-order valence-corrected chi connectivity index (χ0v) is 10.3. The van der Waals surface area contributed by atoms with Crippen molar-refractivity contribution in [3.05, 3.63) is 29.8 Å². The summed E-state index contributed by atoms with van der Waals surface area (Å²) in [6.07, 6.45) is 0. The van der Waals surface area contributed by atoms with Crippen LogP contribution in [0.4, 0.5) is 5.69 Å². The molecule has 94 valence electrons. The maximum Gasteiger partial charge on any atom is 0.234 e. The lowest BCUT2D eigenvalue weighted by Gasteiger charge is -2.05. The van der Waals surface area contributed by atoms with Gasteiger partial charge in [0.2, 0.25) is 11.8 Å². The molecule has 0 unspecified atom stereocenters. The number of benzene rings is 1. The summed E-state index contributed by atoms with van der Waals surface area (Å²) in [6.45, 7) is 1.88. The Morgan fingerprint density at radius 3 is 2.29 bits per heavy atom. The number of hydrogen-bond acceptors (Lipinski definition) is 3. The molecule has 0 bridgehead atoms. The zero-order chi connectivity index (χ0) is 12.0. The van der Waals surface area contributed by atoms with E-state index in [1.807, 2.05) is 12.1 Å². The Morgan fingerprint density at radius 2 is 1.82 bits per heavy atom. The van der Waals surface area contributed by atoms with Crippen molar-refractivity contribution in [1.82, 2.24) is 5.32 Å². The molecule has 0 saturated heterocycles. The lowest BCUT2D eigenvalue weighted by atomic mass is 10.2. The molecule has 0 radical (unpaired) electrons. The quantitative estimate of drug-likeness (QED) is 0.740. The van der Waals surface area contributed by atoms with Crippen LogP contribution in [0.2, 0.25) is 0 Å². The minimum Gasteiger partial charge on any atom is -0.351 e. The Labute approximate surface area is 106 Å². The Bertz CT molecular complexity index is 379. The van der Waals surface area contributed by atoms with Gasteiger partial charge in [-0.15, -0.1) is 12.4 Å². The molecule has 0 atom stereocenters. The van der Waals surface area contributed by atoms with Crippen LogP contribution in [-0.2, 0) is 16.1 Å². The van der Waals surface area contributed by atoms with Crippen molar-refractivity contribution in [2.45, 2.75) is 13.5 Å². The third kappa shape index (κ3) is 5.89. The van der Waals surface area contributed by atoms with E-state index in [0.717, 1.165) is 11.3 Å². The van der Waals surface area contributed by atoms with Gasteiger partial charge in [-0.2, -0.15) is 0 Å². The van der Waals surface area contributed by atoms with E-state index in [0.29, 0.717) is 6.54 Å². The van der Waals surface area contributed by atoms with Crippen molar-refractivity contribution in [3.8, 4) is 0 Å². The number of amides is 2. The monoisotopic (exact) mass is 257 g/mol. The van der Waals surface area contributed by atoms with E-state index in [-0.39, 0.29) is 30.8 Å². The van der Waals surface area contributed by atoms with Gasteiger partial charge in [0, 0.05) is 19.2 Å². The molecule has 1 rings (SSSR count). The van der Waals surface area contributed by atoms with Gasteiger partial charge >= 0.3 is 0 Å². The number of nitrogens with one attached hydrogen (secondary N) is 2. The second kappa shape index (κ2) is 7.65. The number of halogens is 1. The summed E-state index contributed by atoms with van der Waals surface area (Å²) in [7, 11) is 0. The maximum absolute atomic E-state index is 10.9. The van der Waals surface area contributed by atoms with E-state index >= 15 is 0 Å². The van der Waals surface area contributed by atoms with Crippen LogP contribution in [0.1, 0.15) is 12.5 Å². The Morgan fingerprint density at radius 1 is 1.24 bits per heavy atom. The van der Waals surface area contributed by atoms with Crippen molar-refractivity contribution < 1.29 is 9.59 Å². The highest BCUT2D eigenvalue weighted by molar-refractivity contribution is 5.88. The maximum atomic E-state index is 10.9. The summed E-state index contributed by atoms with van der Waals surface area (Å²) < 4.78 is 0. The van der Waals surface area contributed by atoms with E-state index in [1.54, 1.807) is 12.1 Å². The highest BCUT2D eigenvalue weighted by Gasteiger charge is 1.99. The van der Waals surface area contributed by atoms with Gasteiger partial charge in [-0.3, -0.25) is 9.59 Å². The largest absolute Gasteiger partial charge is 0.351 e. The fourth-order valence-electron chi connectivity index (χ4n) is 1.18. The summed E-state index contributed by atoms with van der Waals surface area (Å²) >= 11 is 0. The zero-order valence-electron chi connectivity index (χ0n) is 9.53. The molecule has 0 saturated carbocycles. The summed E-state index contributed by atoms with van der Waals surface area (Å²) in [5, 5.41) is 5.32. The molecule has 0 spiro atoms. The topological polar surface area (TPSA) is 84.2 Å². The summed E-state index contributed by atoms with van der Waals surface area (Å²) in [6, 6.07) is 7.24. The van der Waals surface area contributed by atoms with Crippen LogP contribution in [0.5, 0.6) is 0 Å². The van der Waals surface area contributed by atoms with Crippen molar-refractivity contribution in [2.24, 2.45) is 5.73 Å². The molecular weight excluding hydrogens is 242 g/mol. The van der Waals surface area contributed by atoms with Crippen LogP contribution < -0.4 is 16.4 Å². The highest BCUT2D eigenvalue weighted by atomic mass is 35.5. The fourth-order valence-corrected chi connectivity index (χ4v) is 1.18. The third-order valence-electron chi connectivity index (χ3n) is 1.95. The van der Waals surface area contributed by atoms with Crippen LogP contribution in [0.15, 0.2) is 24.3 Å². The first-order valence-corrected chi connectivity index (χ1v) is 4.95. The minimum atomic E-state index is -0.189. The van der Waals surface area contributed by atoms with Gasteiger partial charge in [0.05, 0.1) is 6.54 Å². The number of carbonyl (C=O) groups is 2. The van der Waals surface area contributed by atoms with Gasteiger partial charge in [-0.25, -0.2) is 0 Å². The van der Waals surface area contributed by atoms with Crippen molar-refractivity contribution in [2.75, 3.05) is 11.9 Å². The van der Waals surface area contributed by atoms with Crippen molar-refractivity contribution in [3.63, 3.8) is 0 Å². The van der Waals surface area contributed by atoms with Crippen molar-refractivity contribution in [1.29, 1.82) is 0 Å². The molecule has 0 heterocycles. The predicted molar refractivity (Wildman–Crippen MR) is 68.9 cm³/mol. The molecule has 0 aromatic heterocycles. The first-order chi connectivity index (χ1) is 7.61. The summed E-state index contributed by atoms with van der Waals surface area (Å²) in [4.78, 5) is 21.7. The highest BCUT2D eigenvalue weighted by Crippen LogP contribution is 2.09. The number of hydrogen-bond donors (Lipinski definition) is 3. The Hall–Kier alpha value is -1.59. The molecule has 2 amide bonds. The van der Waals surface area contributed by atoms with Crippen LogP contribution in [0.25, 0.3) is 0 Å². The average molecular weight is 258 g/mol. The van der Waals surface area contributed by atoms with Gasteiger partial charge in [0.15, 0.2) is 0 Å². The number of rotatable bonds is 4. The summed E-state index contributed by atoms with van der Waals surface area (Å²) in [5.41, 5.74) is 6.85. The van der Waals surface area contributed by atoms with E-state index in [1.165, 1.54) is 6.92 Å². The van der Waals surface area contributed by atoms with Crippen molar-refractivity contribution >= 4 is 29.9 Å². The van der Waals surface area contributed by atoms with Gasteiger partial charge in [0.25, 0.3) is 0 Å². The number of anilines is 1. The van der Waals surface area contributed by atoms with Crippen LogP contribution in [-0.4, -0.2) is 18.4 Å². The predicted octanol–water partition coefficient (Wildman–Crippen LogP) is 0.642. The second-order valence-electron chi connectivity index (χ2n) is 3.36. The molecule has 1 aromatic carbocycles.